The fourth-order valence-corrected chi connectivity index (χ4v) is 3.81. The fraction of sp³-hybridized carbons (Fsp3) is 0.750. The Hall–Kier alpha value is -0.801. The number of carbonyl (C=O) groups excluding carboxylic acids is 2. The van der Waals surface area contributed by atoms with E-state index in [0.717, 1.165) is 12.8 Å². The average Bonchev–Trinajstić information content (AvgIpc) is 2.43. The second-order valence-electron chi connectivity index (χ2n) is 5.99. The minimum absolute atomic E-state index is 0.0567. The molecule has 0 bridgehead atoms. The van der Waals surface area contributed by atoms with Crippen molar-refractivity contribution in [2.45, 2.75) is 51.5 Å². The van der Waals surface area contributed by atoms with Crippen molar-refractivity contribution in [2.24, 2.45) is 17.8 Å². The molecule has 0 aromatic rings. The second-order valence-corrected chi connectivity index (χ2v) is 7.87. The zero-order valence-electron chi connectivity index (χ0n) is 13.3. The zero-order chi connectivity index (χ0) is 15.8. The van der Waals surface area contributed by atoms with Gasteiger partial charge in [0.15, 0.2) is 0 Å². The summed E-state index contributed by atoms with van der Waals surface area (Å²) in [5, 5.41) is 0.371. The van der Waals surface area contributed by atoms with Gasteiger partial charge >= 0.3 is 133 Å². The van der Waals surface area contributed by atoms with Gasteiger partial charge in [0.2, 0.25) is 0 Å². The number of hydrogen-bond acceptors (Lipinski definition) is 4. The van der Waals surface area contributed by atoms with Crippen LogP contribution in [0.1, 0.15) is 40.0 Å². The van der Waals surface area contributed by atoms with E-state index in [-0.39, 0.29) is 33.0 Å². The molecule has 0 heterocycles. The molecule has 0 N–H and O–H groups in total. The van der Waals surface area contributed by atoms with Gasteiger partial charge in [-0.05, 0) is 0 Å². The Morgan fingerprint density at radius 2 is 2.05 bits per heavy atom. The van der Waals surface area contributed by atoms with Gasteiger partial charge < -0.3 is 0 Å². The van der Waals surface area contributed by atoms with Gasteiger partial charge in [0.25, 0.3) is 0 Å². The molecule has 21 heavy (non-hydrogen) atoms. The van der Waals surface area contributed by atoms with Crippen molar-refractivity contribution in [3.05, 3.63) is 11.1 Å². The fourth-order valence-electron chi connectivity index (χ4n) is 2.74. The molecule has 0 aliphatic heterocycles. The second kappa shape index (κ2) is 9.26. The monoisotopic (exact) mass is 362 g/mol. The molecule has 0 spiro atoms. The van der Waals surface area contributed by atoms with Crippen molar-refractivity contribution in [3.8, 4) is 0 Å². The van der Waals surface area contributed by atoms with Gasteiger partial charge in [-0.25, -0.2) is 0 Å². The Bertz CT molecular complexity index is 378. The molecule has 4 nitrogen and oxygen atoms in total. The Morgan fingerprint density at radius 1 is 1.33 bits per heavy atom. The molecule has 0 aromatic carbocycles. The van der Waals surface area contributed by atoms with Crippen LogP contribution in [0.4, 0.5) is 0 Å². The van der Waals surface area contributed by atoms with Gasteiger partial charge in [-0.15, -0.1) is 0 Å². The van der Waals surface area contributed by atoms with E-state index in [9.17, 15) is 9.59 Å². The molecule has 120 valence electrons. The van der Waals surface area contributed by atoms with Gasteiger partial charge in [-0.2, -0.15) is 0 Å². The van der Waals surface area contributed by atoms with E-state index in [1.54, 1.807) is 4.97 Å². The Balaban J connectivity index is 2.40. The summed E-state index contributed by atoms with van der Waals surface area (Å²) in [6.45, 7) is 6.62. The van der Waals surface area contributed by atoms with Gasteiger partial charge in [0.1, 0.15) is 0 Å². The Labute approximate surface area is 133 Å². The van der Waals surface area contributed by atoms with Gasteiger partial charge in [0, 0.05) is 0 Å². The van der Waals surface area contributed by atoms with E-state index in [0.29, 0.717) is 23.1 Å². The molecular formula is C16H26O4Se. The minimum atomic E-state index is -0.383. The summed E-state index contributed by atoms with van der Waals surface area (Å²) < 4.78 is 10.2. The topological polar surface area (TPSA) is 52.6 Å². The number of hydrogen-bond donors (Lipinski definition) is 0. The van der Waals surface area contributed by atoms with Crippen molar-refractivity contribution < 1.29 is 19.1 Å². The maximum atomic E-state index is 11.9. The molecule has 3 unspecified atom stereocenters. The van der Waals surface area contributed by atoms with Crippen LogP contribution in [0.15, 0.2) is 11.1 Å². The summed E-state index contributed by atoms with van der Waals surface area (Å²) in [7, 11) is 1.34. The standard InChI is InChI=1S/C16H26O4Se/c1-11(2)13-6-5-12(3)9-14(13)20-16(18)10-21-8-7-15(17)19-4/h7-8,11-14H,5-6,9-10H2,1-4H3/b8-7-. The third-order valence-electron chi connectivity index (χ3n) is 3.95. The van der Waals surface area contributed by atoms with E-state index < -0.39 is 0 Å². The van der Waals surface area contributed by atoms with Gasteiger partial charge in [0.05, 0.1) is 0 Å². The first-order valence-electron chi connectivity index (χ1n) is 7.49. The normalized spacial score (nSPS) is 26.0. The molecular weight excluding hydrogens is 335 g/mol. The van der Waals surface area contributed by atoms with Crippen LogP contribution in [0.2, 0.25) is 5.32 Å². The molecule has 0 amide bonds. The van der Waals surface area contributed by atoms with Crippen molar-refractivity contribution in [2.75, 3.05) is 7.11 Å². The summed E-state index contributed by atoms with van der Waals surface area (Å²) in [6, 6.07) is 0. The molecule has 0 radical (unpaired) electrons. The molecule has 1 aliphatic rings. The van der Waals surface area contributed by atoms with Crippen molar-refractivity contribution in [1.29, 1.82) is 0 Å². The van der Waals surface area contributed by atoms with E-state index >= 15 is 0 Å². The third kappa shape index (κ3) is 6.66. The molecule has 1 fully saturated rings. The van der Waals surface area contributed by atoms with Crippen LogP contribution in [-0.4, -0.2) is 40.1 Å². The molecule has 1 rings (SSSR count). The first-order chi connectivity index (χ1) is 9.93. The van der Waals surface area contributed by atoms with Crippen LogP contribution in [-0.2, 0) is 19.1 Å². The molecule has 0 saturated heterocycles. The first-order valence-corrected chi connectivity index (χ1v) is 9.69. The number of rotatable bonds is 6. The van der Waals surface area contributed by atoms with Crippen LogP contribution >= 0.6 is 0 Å². The van der Waals surface area contributed by atoms with Crippen molar-refractivity contribution >= 4 is 26.9 Å². The van der Waals surface area contributed by atoms with Crippen LogP contribution in [0, 0.1) is 17.8 Å². The predicted octanol–water partition coefficient (Wildman–Crippen LogP) is 2.80. The van der Waals surface area contributed by atoms with Crippen LogP contribution < -0.4 is 0 Å². The number of ether oxygens (including phenoxy) is 2. The number of carbonyl (C=O) groups is 2. The number of methoxy groups -OCH3 is 1. The molecule has 1 saturated carbocycles. The summed E-state index contributed by atoms with van der Waals surface area (Å²) in [5.41, 5.74) is 0. The summed E-state index contributed by atoms with van der Waals surface area (Å²) in [6.07, 6.45) is 4.76. The SMILES string of the molecule is COC(=O)/C=C\[Se]CC(=O)OC1CC(C)CCC1C(C)C. The summed E-state index contributed by atoms with van der Waals surface area (Å²) >= 11 is -0.0567. The molecule has 0 aromatic heterocycles. The predicted molar refractivity (Wildman–Crippen MR) is 82.9 cm³/mol. The van der Waals surface area contributed by atoms with Crippen LogP contribution in [0.5, 0.6) is 0 Å². The Morgan fingerprint density at radius 3 is 2.67 bits per heavy atom. The maximum absolute atomic E-state index is 11.9. The van der Waals surface area contributed by atoms with E-state index in [1.165, 1.54) is 19.6 Å². The van der Waals surface area contributed by atoms with Crippen molar-refractivity contribution in [3.63, 3.8) is 0 Å². The molecule has 3 atom stereocenters. The zero-order valence-corrected chi connectivity index (χ0v) is 15.0. The Kier molecular flexibility index (Phi) is 8.05. The summed E-state index contributed by atoms with van der Waals surface area (Å²) in [4.78, 5) is 24.6. The van der Waals surface area contributed by atoms with Gasteiger partial charge in [-0.3, -0.25) is 0 Å². The third-order valence-corrected chi connectivity index (χ3v) is 5.48. The van der Waals surface area contributed by atoms with Gasteiger partial charge in [-0.1, -0.05) is 0 Å². The van der Waals surface area contributed by atoms with Crippen LogP contribution in [0.25, 0.3) is 0 Å². The van der Waals surface area contributed by atoms with E-state index in [1.807, 2.05) is 0 Å². The average molecular weight is 361 g/mol. The van der Waals surface area contributed by atoms with Crippen molar-refractivity contribution in [1.82, 2.24) is 0 Å². The number of esters is 2. The first kappa shape index (κ1) is 18.2. The quantitative estimate of drug-likeness (QED) is 0.415. The molecule has 5 heteroatoms. The summed E-state index contributed by atoms with van der Waals surface area (Å²) in [5.74, 6) is 1.12. The van der Waals surface area contributed by atoms with E-state index in [4.69, 9.17) is 4.74 Å². The van der Waals surface area contributed by atoms with E-state index in [2.05, 4.69) is 25.5 Å². The molecule has 1 aliphatic carbocycles. The van der Waals surface area contributed by atoms with Crippen LogP contribution in [0.3, 0.4) is 0 Å².